The van der Waals surface area contributed by atoms with E-state index in [1.165, 1.54) is 18.7 Å². The highest BCUT2D eigenvalue weighted by Gasteiger charge is 2.23. The lowest BCUT2D eigenvalue weighted by atomic mass is 9.95. The second-order valence-corrected chi connectivity index (χ2v) is 9.31. The van der Waals surface area contributed by atoms with E-state index in [9.17, 15) is 9.59 Å². The van der Waals surface area contributed by atoms with E-state index < -0.39 is 17.2 Å². The summed E-state index contributed by atoms with van der Waals surface area (Å²) in [5, 5.41) is 3.49. The molecule has 2 fully saturated rings. The quantitative estimate of drug-likeness (QED) is 0.532. The van der Waals surface area contributed by atoms with Gasteiger partial charge in [0, 0.05) is 24.2 Å². The van der Waals surface area contributed by atoms with Crippen LogP contribution in [0.1, 0.15) is 81.6 Å². The monoisotopic (exact) mass is 474 g/mol. The molecule has 34 heavy (non-hydrogen) atoms. The van der Waals surface area contributed by atoms with Gasteiger partial charge in [0.1, 0.15) is 11.4 Å². The molecule has 7 nitrogen and oxygen atoms in total. The van der Waals surface area contributed by atoms with Crippen molar-refractivity contribution in [3.63, 3.8) is 0 Å². The summed E-state index contributed by atoms with van der Waals surface area (Å²) >= 11 is 0. The van der Waals surface area contributed by atoms with Crippen LogP contribution in [0.25, 0.3) is 10.9 Å². The summed E-state index contributed by atoms with van der Waals surface area (Å²) in [5.41, 5.74) is 0.289. The van der Waals surface area contributed by atoms with E-state index in [0.717, 1.165) is 44.9 Å². The van der Waals surface area contributed by atoms with Crippen LogP contribution in [0.15, 0.2) is 23.1 Å². The molecule has 1 N–H and O–H groups in total. The molecule has 0 radical (unpaired) electrons. The third-order valence-electron chi connectivity index (χ3n) is 6.72. The average molecular weight is 475 g/mol. The number of ether oxygens (including phenoxy) is 3. The van der Waals surface area contributed by atoms with Crippen LogP contribution in [0.4, 0.5) is 10.1 Å². The van der Waals surface area contributed by atoms with Gasteiger partial charge in [-0.15, -0.1) is 0 Å². The smallest absolute Gasteiger partial charge is 0.343 e. The zero-order valence-corrected chi connectivity index (χ0v) is 20.1. The summed E-state index contributed by atoms with van der Waals surface area (Å²) < 4.78 is 33.6. The highest BCUT2D eigenvalue weighted by molar-refractivity contribution is 5.94. The SMILES string of the molecule is CCOC(=O)c1cn(C(C)COC2CCCCO2)c2cc(NC3CCCCC3)c(F)cc2c1=O. The number of nitrogens with zero attached hydrogens (tertiary/aromatic N) is 1. The van der Waals surface area contributed by atoms with Gasteiger partial charge in [-0.1, -0.05) is 19.3 Å². The summed E-state index contributed by atoms with van der Waals surface area (Å²) in [7, 11) is 0. The Morgan fingerprint density at radius 2 is 1.97 bits per heavy atom. The van der Waals surface area contributed by atoms with Crippen LogP contribution in [-0.2, 0) is 14.2 Å². The predicted octanol–water partition coefficient (Wildman–Crippen LogP) is 5.17. The van der Waals surface area contributed by atoms with Crippen LogP contribution in [0, 0.1) is 5.82 Å². The Morgan fingerprint density at radius 1 is 1.21 bits per heavy atom. The van der Waals surface area contributed by atoms with Crippen molar-refractivity contribution in [2.75, 3.05) is 25.1 Å². The van der Waals surface area contributed by atoms with Crippen molar-refractivity contribution in [2.45, 2.75) is 83.6 Å². The Balaban J connectivity index is 1.71. The second-order valence-electron chi connectivity index (χ2n) is 9.31. The zero-order valence-electron chi connectivity index (χ0n) is 20.1. The molecule has 2 aromatic rings. The minimum Gasteiger partial charge on any atom is -0.462 e. The van der Waals surface area contributed by atoms with Crippen LogP contribution in [-0.4, -0.2) is 42.7 Å². The second kappa shape index (κ2) is 11.3. The van der Waals surface area contributed by atoms with E-state index in [1.54, 1.807) is 13.0 Å². The summed E-state index contributed by atoms with van der Waals surface area (Å²) in [4.78, 5) is 25.6. The largest absolute Gasteiger partial charge is 0.462 e. The van der Waals surface area contributed by atoms with Gasteiger partial charge in [0.15, 0.2) is 6.29 Å². The van der Waals surface area contributed by atoms with Crippen LogP contribution in [0.2, 0.25) is 0 Å². The number of anilines is 1. The summed E-state index contributed by atoms with van der Waals surface area (Å²) in [6, 6.07) is 2.90. The Labute approximate surface area is 199 Å². The van der Waals surface area contributed by atoms with Gasteiger partial charge in [-0.2, -0.15) is 0 Å². The summed E-state index contributed by atoms with van der Waals surface area (Å²) in [5.74, 6) is -1.21. The van der Waals surface area contributed by atoms with Gasteiger partial charge in [-0.3, -0.25) is 4.79 Å². The first-order valence-electron chi connectivity index (χ1n) is 12.5. The summed E-state index contributed by atoms with van der Waals surface area (Å²) in [6.07, 6.45) is 9.63. The molecule has 2 unspecified atom stereocenters. The number of aromatic nitrogens is 1. The molecule has 2 atom stereocenters. The number of pyridine rings is 1. The first-order valence-corrected chi connectivity index (χ1v) is 12.5. The third-order valence-corrected chi connectivity index (χ3v) is 6.72. The number of rotatable bonds is 8. The van der Waals surface area contributed by atoms with E-state index in [4.69, 9.17) is 14.2 Å². The van der Waals surface area contributed by atoms with E-state index in [2.05, 4.69) is 5.32 Å². The lowest BCUT2D eigenvalue weighted by Gasteiger charge is -2.27. The van der Waals surface area contributed by atoms with Crippen LogP contribution in [0.5, 0.6) is 0 Å². The predicted molar refractivity (Wildman–Crippen MR) is 129 cm³/mol. The lowest BCUT2D eigenvalue weighted by Crippen LogP contribution is -2.27. The van der Waals surface area contributed by atoms with Gasteiger partial charge in [-0.05, 0) is 58.1 Å². The number of hydrogen-bond acceptors (Lipinski definition) is 6. The molecule has 1 aromatic heterocycles. The average Bonchev–Trinajstić information content (AvgIpc) is 2.85. The fraction of sp³-hybridized carbons (Fsp3) is 0.615. The molecule has 1 saturated carbocycles. The van der Waals surface area contributed by atoms with Gasteiger partial charge in [0.05, 0.1) is 30.5 Å². The molecule has 2 heterocycles. The van der Waals surface area contributed by atoms with Crippen LogP contribution >= 0.6 is 0 Å². The number of carbonyl (C=O) groups excluding carboxylic acids is 1. The van der Waals surface area contributed by atoms with Crippen molar-refractivity contribution in [3.05, 3.63) is 39.9 Å². The van der Waals surface area contributed by atoms with Gasteiger partial charge < -0.3 is 24.1 Å². The molecule has 0 bridgehead atoms. The van der Waals surface area contributed by atoms with E-state index >= 15 is 4.39 Å². The number of carbonyl (C=O) groups is 1. The molecule has 1 aromatic carbocycles. The number of hydrogen-bond donors (Lipinski definition) is 1. The molecule has 2 aliphatic rings. The van der Waals surface area contributed by atoms with Gasteiger partial charge in [0.25, 0.3) is 0 Å². The first kappa shape index (κ1) is 24.7. The normalized spacial score (nSPS) is 20.3. The zero-order chi connectivity index (χ0) is 24.1. The van der Waals surface area contributed by atoms with Crippen LogP contribution < -0.4 is 10.7 Å². The van der Waals surface area contributed by atoms with Crippen molar-refractivity contribution in [1.29, 1.82) is 0 Å². The van der Waals surface area contributed by atoms with E-state index in [0.29, 0.717) is 24.4 Å². The van der Waals surface area contributed by atoms with Gasteiger partial charge in [-0.25, -0.2) is 9.18 Å². The van der Waals surface area contributed by atoms with Crippen molar-refractivity contribution in [2.24, 2.45) is 0 Å². The Morgan fingerprint density at radius 3 is 2.68 bits per heavy atom. The van der Waals surface area contributed by atoms with E-state index in [-0.39, 0.29) is 35.9 Å². The standard InChI is InChI=1S/C26H35FN2O5/c1-3-32-26(31)20-15-29(17(2)16-34-24-11-7-8-12-33-24)23-14-22(21(27)13-19(23)25(20)30)28-18-9-5-4-6-10-18/h13-15,17-18,24,28H,3-12,16H2,1-2H3. The fourth-order valence-electron chi connectivity index (χ4n) is 4.84. The fourth-order valence-corrected chi connectivity index (χ4v) is 4.84. The van der Waals surface area contributed by atoms with Crippen molar-refractivity contribution >= 4 is 22.6 Å². The Bertz CT molecular complexity index is 1060. The van der Waals surface area contributed by atoms with Gasteiger partial charge >= 0.3 is 5.97 Å². The summed E-state index contributed by atoms with van der Waals surface area (Å²) in [6.45, 7) is 4.78. The van der Waals surface area contributed by atoms with Crippen molar-refractivity contribution < 1.29 is 23.4 Å². The molecule has 1 aliphatic carbocycles. The minimum absolute atomic E-state index is 0.109. The molecular weight excluding hydrogens is 439 g/mol. The molecule has 1 saturated heterocycles. The molecule has 8 heteroatoms. The van der Waals surface area contributed by atoms with E-state index in [1.807, 2.05) is 11.5 Å². The Hall–Kier alpha value is -2.45. The first-order chi connectivity index (χ1) is 16.5. The highest BCUT2D eigenvalue weighted by Crippen LogP contribution is 2.28. The number of esters is 1. The number of benzene rings is 1. The third kappa shape index (κ3) is 5.61. The van der Waals surface area contributed by atoms with Gasteiger partial charge in [0.2, 0.25) is 5.43 Å². The molecule has 4 rings (SSSR count). The minimum atomic E-state index is -0.711. The number of halogens is 1. The number of fused-ring (bicyclic) bond motifs is 1. The molecule has 1 aliphatic heterocycles. The van der Waals surface area contributed by atoms with Crippen molar-refractivity contribution in [1.82, 2.24) is 4.57 Å². The van der Waals surface area contributed by atoms with Crippen molar-refractivity contribution in [3.8, 4) is 0 Å². The maximum absolute atomic E-state index is 15.1. The highest BCUT2D eigenvalue weighted by atomic mass is 19.1. The Kier molecular flexibility index (Phi) is 8.21. The molecular formula is C26H35FN2O5. The maximum atomic E-state index is 15.1. The lowest BCUT2D eigenvalue weighted by molar-refractivity contribution is -0.166. The number of nitrogens with one attached hydrogen (secondary N) is 1. The molecule has 0 spiro atoms. The topological polar surface area (TPSA) is 78.8 Å². The maximum Gasteiger partial charge on any atom is 0.343 e. The molecule has 186 valence electrons. The molecule has 0 amide bonds. The van der Waals surface area contributed by atoms with Crippen LogP contribution in [0.3, 0.4) is 0 Å².